The first-order valence-corrected chi connectivity index (χ1v) is 11.9. The van der Waals surface area contributed by atoms with E-state index in [1.807, 2.05) is 19.1 Å². The fourth-order valence-corrected chi connectivity index (χ4v) is 5.85. The van der Waals surface area contributed by atoms with Gasteiger partial charge in [-0.15, -0.1) is 0 Å². The highest BCUT2D eigenvalue weighted by Crippen LogP contribution is 2.46. The van der Waals surface area contributed by atoms with Crippen molar-refractivity contribution < 1.29 is 9.13 Å². The summed E-state index contributed by atoms with van der Waals surface area (Å²) < 4.78 is 21.1. The topological polar surface area (TPSA) is 47.0 Å². The number of fused-ring (bicyclic) bond motifs is 4. The summed E-state index contributed by atoms with van der Waals surface area (Å²) in [7, 11) is 0. The highest BCUT2D eigenvalue weighted by molar-refractivity contribution is 5.77. The minimum Gasteiger partial charge on any atom is -0.373 e. The lowest BCUT2D eigenvalue weighted by atomic mass is 9.69. The second-order valence-electron chi connectivity index (χ2n) is 10.0. The van der Waals surface area contributed by atoms with E-state index in [0.29, 0.717) is 17.5 Å². The molecular weight excluding hydrogens is 377 g/mol. The average molecular weight is 412 g/mol. The Morgan fingerprint density at radius 2 is 1.93 bits per heavy atom. The number of pyridine rings is 2. The van der Waals surface area contributed by atoms with Crippen LogP contribution in [0.4, 0.5) is 4.39 Å². The Kier molecular flexibility index (Phi) is 5.53. The maximum Gasteiger partial charge on any atom is 0.146 e. The van der Waals surface area contributed by atoms with Gasteiger partial charge in [-0.2, -0.15) is 0 Å². The van der Waals surface area contributed by atoms with Crippen molar-refractivity contribution in [2.45, 2.75) is 88.7 Å². The fourth-order valence-electron chi connectivity index (χ4n) is 5.85. The molecule has 0 unspecified atom stereocenters. The van der Waals surface area contributed by atoms with Gasteiger partial charge >= 0.3 is 0 Å². The van der Waals surface area contributed by atoms with E-state index in [-0.39, 0.29) is 17.0 Å². The van der Waals surface area contributed by atoms with Crippen molar-refractivity contribution in [1.82, 2.24) is 15.3 Å². The Morgan fingerprint density at radius 1 is 1.13 bits per heavy atom. The van der Waals surface area contributed by atoms with Crippen molar-refractivity contribution in [1.29, 1.82) is 0 Å². The third-order valence-electron chi connectivity index (χ3n) is 8.00. The third-order valence-corrected chi connectivity index (χ3v) is 8.00. The molecule has 0 spiro atoms. The third kappa shape index (κ3) is 3.99. The van der Waals surface area contributed by atoms with Gasteiger partial charge in [0.05, 0.1) is 29.4 Å². The van der Waals surface area contributed by atoms with Crippen LogP contribution < -0.4 is 5.32 Å². The predicted octanol–water partition coefficient (Wildman–Crippen LogP) is 5.26. The lowest BCUT2D eigenvalue weighted by Crippen LogP contribution is -2.62. The van der Waals surface area contributed by atoms with Crippen LogP contribution in [-0.2, 0) is 11.2 Å². The van der Waals surface area contributed by atoms with Gasteiger partial charge < -0.3 is 10.1 Å². The van der Waals surface area contributed by atoms with E-state index in [1.54, 1.807) is 0 Å². The molecule has 2 saturated carbocycles. The molecule has 6 rings (SSSR count). The molecule has 30 heavy (non-hydrogen) atoms. The monoisotopic (exact) mass is 411 g/mol. The molecule has 2 aromatic heterocycles. The fraction of sp³-hybridized carbons (Fsp3) is 0.680. The quantitative estimate of drug-likeness (QED) is 0.704. The number of halogens is 1. The lowest BCUT2D eigenvalue weighted by Gasteiger charge is -2.54. The number of hydrogen-bond acceptors (Lipinski definition) is 4. The van der Waals surface area contributed by atoms with Crippen molar-refractivity contribution in [2.75, 3.05) is 13.2 Å². The molecule has 4 nitrogen and oxygen atoms in total. The summed E-state index contributed by atoms with van der Waals surface area (Å²) in [5, 5.41) is 3.92. The molecule has 2 aromatic rings. The second-order valence-corrected chi connectivity index (χ2v) is 10.0. The molecule has 4 fully saturated rings. The van der Waals surface area contributed by atoms with Crippen LogP contribution in [0, 0.1) is 18.7 Å². The zero-order chi connectivity index (χ0) is 20.6. The molecule has 162 valence electrons. The van der Waals surface area contributed by atoms with Gasteiger partial charge in [0.1, 0.15) is 5.82 Å². The van der Waals surface area contributed by atoms with Gasteiger partial charge in [-0.1, -0.05) is 19.3 Å². The van der Waals surface area contributed by atoms with Crippen LogP contribution in [0.3, 0.4) is 0 Å². The van der Waals surface area contributed by atoms with Crippen LogP contribution in [0.2, 0.25) is 0 Å². The molecule has 1 N–H and O–H groups in total. The van der Waals surface area contributed by atoms with Gasteiger partial charge in [0, 0.05) is 16.8 Å². The number of nitrogens with one attached hydrogen (secondary N) is 1. The Bertz CT molecular complexity index is 879. The molecule has 2 saturated heterocycles. The molecule has 2 aliphatic carbocycles. The van der Waals surface area contributed by atoms with E-state index < -0.39 is 0 Å². The predicted molar refractivity (Wildman–Crippen MR) is 117 cm³/mol. The molecular formula is C25H34FN3O. The zero-order valence-electron chi connectivity index (χ0n) is 18.2. The van der Waals surface area contributed by atoms with Crippen molar-refractivity contribution in [3.63, 3.8) is 0 Å². The maximum atomic E-state index is 14.6. The standard InChI is InChI=1S/C25H34FN3O/c1-18-7-8-22-23(29-18)20(21(26)16-27-22)9-10-25-13-11-24(12-14-25,17-30-25)28-15-19-5-3-2-4-6-19/h7-8,16,19,28H,2-6,9-15,17H2,1H3. The van der Waals surface area contributed by atoms with Gasteiger partial charge in [-0.3, -0.25) is 9.97 Å². The second kappa shape index (κ2) is 8.16. The summed E-state index contributed by atoms with van der Waals surface area (Å²) in [4.78, 5) is 8.80. The van der Waals surface area contributed by atoms with Gasteiger partial charge in [0.25, 0.3) is 0 Å². The minimum atomic E-state index is -0.243. The molecule has 2 bridgehead atoms. The summed E-state index contributed by atoms with van der Waals surface area (Å²) in [6.07, 6.45) is 14.3. The minimum absolute atomic E-state index is 0.0971. The summed E-state index contributed by atoms with van der Waals surface area (Å²) >= 11 is 0. The Balaban J connectivity index is 1.22. The molecule has 0 radical (unpaired) electrons. The summed E-state index contributed by atoms with van der Waals surface area (Å²) in [6, 6.07) is 3.87. The highest BCUT2D eigenvalue weighted by Gasteiger charge is 2.49. The van der Waals surface area contributed by atoms with Crippen LogP contribution in [-0.4, -0.2) is 34.3 Å². The molecule has 4 heterocycles. The van der Waals surface area contributed by atoms with Crippen molar-refractivity contribution in [3.05, 3.63) is 35.4 Å². The lowest BCUT2D eigenvalue weighted by molar-refractivity contribution is -0.165. The van der Waals surface area contributed by atoms with E-state index in [4.69, 9.17) is 4.74 Å². The molecule has 0 aromatic carbocycles. The SMILES string of the molecule is Cc1ccc2ncc(F)c(CCC34CCC(NCC5CCCCC5)(CC3)CO4)c2n1. The molecule has 0 atom stereocenters. The number of ether oxygens (including phenoxy) is 1. The number of rotatable bonds is 6. The van der Waals surface area contributed by atoms with Crippen LogP contribution in [0.5, 0.6) is 0 Å². The average Bonchev–Trinajstić information content (AvgIpc) is 2.79. The van der Waals surface area contributed by atoms with Gasteiger partial charge in [-0.25, -0.2) is 4.39 Å². The van der Waals surface area contributed by atoms with E-state index in [1.165, 1.54) is 51.1 Å². The number of hydrogen-bond donors (Lipinski definition) is 1. The summed E-state index contributed by atoms with van der Waals surface area (Å²) in [5.41, 5.74) is 3.15. The van der Waals surface area contributed by atoms with Crippen molar-refractivity contribution in [2.24, 2.45) is 5.92 Å². The smallest absolute Gasteiger partial charge is 0.146 e. The largest absolute Gasteiger partial charge is 0.373 e. The first-order chi connectivity index (χ1) is 14.6. The van der Waals surface area contributed by atoms with Crippen molar-refractivity contribution in [3.8, 4) is 0 Å². The van der Waals surface area contributed by atoms with E-state index in [0.717, 1.165) is 49.5 Å². The summed E-state index contributed by atoms with van der Waals surface area (Å²) in [5.74, 6) is 0.604. The first kappa shape index (κ1) is 20.3. The van der Waals surface area contributed by atoms with Crippen LogP contribution in [0.1, 0.15) is 75.5 Å². The Labute approximate surface area is 179 Å². The molecule has 2 aliphatic heterocycles. The van der Waals surface area contributed by atoms with Gasteiger partial charge in [-0.05, 0) is 82.9 Å². The van der Waals surface area contributed by atoms with E-state index in [2.05, 4.69) is 15.3 Å². The molecule has 0 amide bonds. The van der Waals surface area contributed by atoms with Crippen molar-refractivity contribution >= 4 is 11.0 Å². The number of aryl methyl sites for hydroxylation is 2. The first-order valence-electron chi connectivity index (χ1n) is 11.9. The summed E-state index contributed by atoms with van der Waals surface area (Å²) in [6.45, 7) is 3.89. The van der Waals surface area contributed by atoms with Crippen LogP contribution in [0.15, 0.2) is 18.3 Å². The normalized spacial score (nSPS) is 29.5. The van der Waals surface area contributed by atoms with Gasteiger partial charge in [0.2, 0.25) is 0 Å². The Morgan fingerprint density at radius 3 is 2.67 bits per heavy atom. The highest BCUT2D eigenvalue weighted by atomic mass is 19.1. The molecule has 5 heteroatoms. The van der Waals surface area contributed by atoms with Crippen LogP contribution >= 0.6 is 0 Å². The van der Waals surface area contributed by atoms with Crippen LogP contribution in [0.25, 0.3) is 11.0 Å². The zero-order valence-corrected chi connectivity index (χ0v) is 18.2. The van der Waals surface area contributed by atoms with Gasteiger partial charge in [0.15, 0.2) is 0 Å². The Hall–Kier alpha value is -1.59. The molecule has 4 aliphatic rings. The maximum absolute atomic E-state index is 14.6. The van der Waals surface area contributed by atoms with E-state index in [9.17, 15) is 4.39 Å². The number of nitrogens with zero attached hydrogens (tertiary/aromatic N) is 2. The van der Waals surface area contributed by atoms with E-state index >= 15 is 0 Å². The number of aromatic nitrogens is 2.